The number of aryl methyl sites for hydroxylation is 1. The van der Waals surface area contributed by atoms with Gasteiger partial charge in [0.15, 0.2) is 0 Å². The molecule has 0 aliphatic carbocycles. The lowest BCUT2D eigenvalue weighted by atomic mass is 10.1. The molecule has 1 atom stereocenters. The van der Waals surface area contributed by atoms with Gasteiger partial charge in [-0.3, -0.25) is 14.4 Å². The van der Waals surface area contributed by atoms with Gasteiger partial charge in [-0.25, -0.2) is 0 Å². The highest BCUT2D eigenvalue weighted by atomic mass is 16.2. The minimum absolute atomic E-state index is 0.0195. The number of hydrogen-bond acceptors (Lipinski definition) is 3. The first-order chi connectivity index (χ1) is 14.1. The fourth-order valence-corrected chi connectivity index (χ4v) is 4.08. The number of rotatable bonds is 5. The maximum atomic E-state index is 12.7. The first-order valence-corrected chi connectivity index (χ1v) is 10.2. The van der Waals surface area contributed by atoms with Gasteiger partial charge in [0.05, 0.1) is 5.92 Å². The second-order valence-corrected chi connectivity index (χ2v) is 7.57. The average molecular weight is 391 g/mol. The van der Waals surface area contributed by atoms with E-state index in [-0.39, 0.29) is 30.1 Å². The Hall–Kier alpha value is -3.15. The van der Waals surface area contributed by atoms with E-state index in [2.05, 4.69) is 12.2 Å². The van der Waals surface area contributed by atoms with Gasteiger partial charge >= 0.3 is 0 Å². The smallest absolute Gasteiger partial charge is 0.229 e. The van der Waals surface area contributed by atoms with Crippen LogP contribution in [0.1, 0.15) is 31.7 Å². The van der Waals surface area contributed by atoms with Gasteiger partial charge in [-0.1, -0.05) is 25.1 Å². The molecule has 2 heterocycles. The minimum Gasteiger partial charge on any atom is -0.326 e. The van der Waals surface area contributed by atoms with E-state index in [0.29, 0.717) is 18.7 Å². The number of benzene rings is 2. The molecule has 3 amide bonds. The highest BCUT2D eigenvalue weighted by molar-refractivity contribution is 6.04. The maximum absolute atomic E-state index is 12.7. The topological polar surface area (TPSA) is 69.7 Å². The number of anilines is 3. The van der Waals surface area contributed by atoms with Crippen molar-refractivity contribution >= 4 is 34.8 Å². The number of nitrogens with one attached hydrogen (secondary N) is 1. The fraction of sp³-hybridized carbons (Fsp3) is 0.348. The second kappa shape index (κ2) is 8.07. The van der Waals surface area contributed by atoms with Gasteiger partial charge in [0, 0.05) is 43.0 Å². The zero-order valence-electron chi connectivity index (χ0n) is 16.6. The molecule has 0 spiro atoms. The SMILES string of the molecule is CCc1ccccc1N1C[C@H](C(=O)Nc2ccc(N3CCCC3=O)cc2)CC1=O. The number of amides is 3. The van der Waals surface area contributed by atoms with Crippen molar-refractivity contribution in [2.75, 3.05) is 28.2 Å². The van der Waals surface area contributed by atoms with Gasteiger partial charge < -0.3 is 15.1 Å². The quantitative estimate of drug-likeness (QED) is 0.850. The standard InChI is InChI=1S/C23H25N3O3/c1-2-16-6-3-4-7-20(16)26-15-17(14-22(26)28)23(29)24-18-9-11-19(12-10-18)25-13-5-8-21(25)27/h3-4,6-7,9-12,17H,2,5,8,13-15H2,1H3,(H,24,29)/t17-/m1/s1. The predicted molar refractivity (Wildman–Crippen MR) is 113 cm³/mol. The zero-order valence-corrected chi connectivity index (χ0v) is 16.6. The molecule has 2 aromatic carbocycles. The zero-order chi connectivity index (χ0) is 20.4. The highest BCUT2D eigenvalue weighted by Crippen LogP contribution is 2.29. The molecular weight excluding hydrogens is 366 g/mol. The van der Waals surface area contributed by atoms with Crippen LogP contribution in [-0.2, 0) is 20.8 Å². The Morgan fingerprint density at radius 3 is 2.48 bits per heavy atom. The molecule has 2 aliphatic rings. The van der Waals surface area contributed by atoms with Gasteiger partial charge in [-0.05, 0) is 48.7 Å². The van der Waals surface area contributed by atoms with E-state index in [1.807, 2.05) is 36.4 Å². The first kappa shape index (κ1) is 19.2. The molecule has 2 saturated heterocycles. The summed E-state index contributed by atoms with van der Waals surface area (Å²) in [6, 6.07) is 15.1. The Morgan fingerprint density at radius 2 is 1.79 bits per heavy atom. The molecular formula is C23H25N3O3. The van der Waals surface area contributed by atoms with Crippen LogP contribution in [-0.4, -0.2) is 30.8 Å². The molecule has 0 aromatic heterocycles. The summed E-state index contributed by atoms with van der Waals surface area (Å²) in [5, 5.41) is 2.91. The van der Waals surface area contributed by atoms with Crippen molar-refractivity contribution in [3.63, 3.8) is 0 Å². The van der Waals surface area contributed by atoms with E-state index >= 15 is 0 Å². The second-order valence-electron chi connectivity index (χ2n) is 7.57. The van der Waals surface area contributed by atoms with E-state index in [0.717, 1.165) is 36.3 Å². The third-order valence-corrected chi connectivity index (χ3v) is 5.68. The number of carbonyl (C=O) groups is 3. The molecule has 6 heteroatoms. The van der Waals surface area contributed by atoms with Crippen molar-refractivity contribution < 1.29 is 14.4 Å². The molecule has 4 rings (SSSR count). The first-order valence-electron chi connectivity index (χ1n) is 10.2. The summed E-state index contributed by atoms with van der Waals surface area (Å²) in [4.78, 5) is 40.6. The molecule has 1 N–H and O–H groups in total. The monoisotopic (exact) mass is 391 g/mol. The van der Waals surface area contributed by atoms with Crippen molar-refractivity contribution in [2.24, 2.45) is 5.92 Å². The molecule has 2 aromatic rings. The number of nitrogens with zero attached hydrogens (tertiary/aromatic N) is 2. The largest absolute Gasteiger partial charge is 0.326 e. The van der Waals surface area contributed by atoms with Gasteiger partial charge in [0.2, 0.25) is 17.7 Å². The average Bonchev–Trinajstić information content (AvgIpc) is 3.34. The van der Waals surface area contributed by atoms with Gasteiger partial charge in [0.25, 0.3) is 0 Å². The van der Waals surface area contributed by atoms with Crippen LogP contribution < -0.4 is 15.1 Å². The lowest BCUT2D eigenvalue weighted by Crippen LogP contribution is -2.28. The van der Waals surface area contributed by atoms with Gasteiger partial charge in [0.1, 0.15) is 0 Å². The summed E-state index contributed by atoms with van der Waals surface area (Å²) < 4.78 is 0. The number of para-hydroxylation sites is 1. The third-order valence-electron chi connectivity index (χ3n) is 5.68. The summed E-state index contributed by atoms with van der Waals surface area (Å²) in [6.07, 6.45) is 2.52. The Morgan fingerprint density at radius 1 is 1.03 bits per heavy atom. The molecule has 0 unspecified atom stereocenters. The van der Waals surface area contributed by atoms with Crippen molar-refractivity contribution in [3.8, 4) is 0 Å². The maximum Gasteiger partial charge on any atom is 0.229 e. The highest BCUT2D eigenvalue weighted by Gasteiger charge is 2.35. The van der Waals surface area contributed by atoms with Crippen molar-refractivity contribution in [3.05, 3.63) is 54.1 Å². The minimum atomic E-state index is -0.382. The Labute approximate surface area is 170 Å². The molecule has 0 radical (unpaired) electrons. The van der Waals surface area contributed by atoms with E-state index in [1.165, 1.54) is 0 Å². The third kappa shape index (κ3) is 3.88. The lowest BCUT2D eigenvalue weighted by molar-refractivity contribution is -0.122. The number of hydrogen-bond donors (Lipinski definition) is 1. The molecule has 0 saturated carbocycles. The van der Waals surface area contributed by atoms with E-state index in [4.69, 9.17) is 0 Å². The number of carbonyl (C=O) groups excluding carboxylic acids is 3. The van der Waals surface area contributed by atoms with Crippen LogP contribution in [0.4, 0.5) is 17.1 Å². The van der Waals surface area contributed by atoms with E-state index in [1.54, 1.807) is 21.9 Å². The predicted octanol–water partition coefficient (Wildman–Crippen LogP) is 3.37. The fourth-order valence-electron chi connectivity index (χ4n) is 4.08. The van der Waals surface area contributed by atoms with Crippen LogP contribution in [0.3, 0.4) is 0 Å². The van der Waals surface area contributed by atoms with Crippen LogP contribution in [0.5, 0.6) is 0 Å². The van der Waals surface area contributed by atoms with Gasteiger partial charge in [-0.15, -0.1) is 0 Å². The molecule has 150 valence electrons. The van der Waals surface area contributed by atoms with Crippen molar-refractivity contribution in [1.29, 1.82) is 0 Å². The van der Waals surface area contributed by atoms with Crippen LogP contribution in [0, 0.1) is 5.92 Å². The normalized spacial score (nSPS) is 19.1. The van der Waals surface area contributed by atoms with E-state index < -0.39 is 0 Å². The summed E-state index contributed by atoms with van der Waals surface area (Å²) in [5.41, 5.74) is 3.53. The Balaban J connectivity index is 1.41. The summed E-state index contributed by atoms with van der Waals surface area (Å²) in [6.45, 7) is 3.19. The molecule has 2 aliphatic heterocycles. The van der Waals surface area contributed by atoms with Crippen molar-refractivity contribution in [1.82, 2.24) is 0 Å². The molecule has 29 heavy (non-hydrogen) atoms. The summed E-state index contributed by atoms with van der Waals surface area (Å²) in [5.74, 6) is -0.417. The van der Waals surface area contributed by atoms with Gasteiger partial charge in [-0.2, -0.15) is 0 Å². The molecule has 6 nitrogen and oxygen atoms in total. The molecule has 2 fully saturated rings. The van der Waals surface area contributed by atoms with Crippen molar-refractivity contribution in [2.45, 2.75) is 32.6 Å². The van der Waals surface area contributed by atoms with E-state index in [9.17, 15) is 14.4 Å². The summed E-state index contributed by atoms with van der Waals surface area (Å²) in [7, 11) is 0. The van der Waals surface area contributed by atoms with Crippen LogP contribution >= 0.6 is 0 Å². The van der Waals surface area contributed by atoms with Crippen LogP contribution in [0.15, 0.2) is 48.5 Å². The lowest BCUT2D eigenvalue weighted by Gasteiger charge is -2.20. The Bertz CT molecular complexity index is 939. The molecule has 0 bridgehead atoms. The summed E-state index contributed by atoms with van der Waals surface area (Å²) >= 11 is 0. The van der Waals surface area contributed by atoms with Crippen LogP contribution in [0.2, 0.25) is 0 Å². The Kier molecular flexibility index (Phi) is 5.34. The van der Waals surface area contributed by atoms with Crippen LogP contribution in [0.25, 0.3) is 0 Å².